The maximum atomic E-state index is 14.6. The number of amides is 3. The highest BCUT2D eigenvalue weighted by Gasteiger charge is 2.41. The Morgan fingerprint density at radius 2 is 1.80 bits per heavy atom. The fourth-order valence-electron chi connectivity index (χ4n) is 5.10. The zero-order valence-corrected chi connectivity index (χ0v) is 24.9. The molecule has 0 saturated carbocycles. The van der Waals surface area contributed by atoms with Gasteiger partial charge in [-0.1, -0.05) is 12.1 Å². The topological polar surface area (TPSA) is 121 Å². The van der Waals surface area contributed by atoms with E-state index in [0.29, 0.717) is 11.1 Å². The molecule has 3 N–H and O–H groups in total. The van der Waals surface area contributed by atoms with Crippen LogP contribution in [0.4, 0.5) is 18.0 Å². The number of hydrogen-bond acceptors (Lipinski definition) is 6. The summed E-state index contributed by atoms with van der Waals surface area (Å²) in [5.41, 5.74) is 0.270. The summed E-state index contributed by atoms with van der Waals surface area (Å²) < 4.78 is 48.4. The summed E-state index contributed by atoms with van der Waals surface area (Å²) in [7, 11) is 0. The van der Waals surface area contributed by atoms with Crippen LogP contribution >= 0.6 is 0 Å². The van der Waals surface area contributed by atoms with Gasteiger partial charge in [-0.25, -0.2) is 18.0 Å². The molecule has 3 aromatic rings. The number of benzene rings is 2. The van der Waals surface area contributed by atoms with Gasteiger partial charge in [0.05, 0.1) is 29.9 Å². The molecule has 3 amide bonds. The minimum absolute atomic E-state index is 0.0602. The van der Waals surface area contributed by atoms with E-state index in [0.717, 1.165) is 29.2 Å². The zero-order valence-electron chi connectivity index (χ0n) is 24.9. The van der Waals surface area contributed by atoms with Crippen molar-refractivity contribution in [3.05, 3.63) is 89.0 Å². The Labute approximate surface area is 253 Å². The largest absolute Gasteiger partial charge is 0.444 e. The molecule has 1 aliphatic rings. The minimum atomic E-state index is -1.10. The molecule has 4 rings (SSSR count). The van der Waals surface area contributed by atoms with Gasteiger partial charge in [-0.2, -0.15) is 0 Å². The van der Waals surface area contributed by atoms with Crippen LogP contribution < -0.4 is 10.6 Å². The zero-order chi connectivity index (χ0) is 32.2. The molecule has 0 bridgehead atoms. The molecule has 1 aliphatic heterocycles. The standard InChI is InChI=1S/C32H35F3N4O5/c1-5-36-29(41)24-14-19(8-9-25(24)35)23-7-6-10-37-28(23)26(13-18-11-20(33)15-21(34)12-18)38-30(42)27-16-22(40)17-39(27)31(43)44-32(2,3)4/h6-12,14-15,22,26-27,40H,5,13,16-17H2,1-4H3,(H,36,41)(H,38,42). The molecule has 1 aromatic heterocycles. The lowest BCUT2D eigenvalue weighted by Gasteiger charge is -2.29. The predicted molar refractivity (Wildman–Crippen MR) is 156 cm³/mol. The van der Waals surface area contributed by atoms with Crippen LogP contribution in [-0.2, 0) is 16.0 Å². The summed E-state index contributed by atoms with van der Waals surface area (Å²) in [5.74, 6) is -3.61. The average molecular weight is 613 g/mol. The van der Waals surface area contributed by atoms with Crippen LogP contribution in [0.5, 0.6) is 0 Å². The molecule has 44 heavy (non-hydrogen) atoms. The summed E-state index contributed by atoms with van der Waals surface area (Å²) in [5, 5.41) is 15.8. The number of hydrogen-bond donors (Lipinski definition) is 3. The highest BCUT2D eigenvalue weighted by molar-refractivity contribution is 5.96. The lowest BCUT2D eigenvalue weighted by molar-refractivity contribution is -0.126. The van der Waals surface area contributed by atoms with Gasteiger partial charge in [-0.3, -0.25) is 19.5 Å². The second-order valence-corrected chi connectivity index (χ2v) is 11.6. The third-order valence-electron chi connectivity index (χ3n) is 6.92. The number of carbonyl (C=O) groups is 3. The fourth-order valence-corrected chi connectivity index (χ4v) is 5.10. The predicted octanol–water partition coefficient (Wildman–Crippen LogP) is 4.69. The second-order valence-electron chi connectivity index (χ2n) is 11.6. The molecule has 2 heterocycles. The first-order valence-electron chi connectivity index (χ1n) is 14.2. The number of rotatable bonds is 8. The number of pyridine rings is 1. The van der Waals surface area contributed by atoms with E-state index in [-0.39, 0.29) is 42.8 Å². The molecule has 234 valence electrons. The number of nitrogens with one attached hydrogen (secondary N) is 2. The molecule has 12 heteroatoms. The third kappa shape index (κ3) is 7.93. The Balaban J connectivity index is 1.74. The van der Waals surface area contributed by atoms with Gasteiger partial charge >= 0.3 is 6.09 Å². The quantitative estimate of drug-likeness (QED) is 0.340. The van der Waals surface area contributed by atoms with Crippen molar-refractivity contribution in [3.63, 3.8) is 0 Å². The van der Waals surface area contributed by atoms with Crippen molar-refractivity contribution in [3.8, 4) is 11.1 Å². The summed E-state index contributed by atoms with van der Waals surface area (Å²) in [6.45, 7) is 6.89. The lowest BCUT2D eigenvalue weighted by Crippen LogP contribution is -2.48. The van der Waals surface area contributed by atoms with Crippen LogP contribution in [0.15, 0.2) is 54.7 Å². The van der Waals surface area contributed by atoms with E-state index in [4.69, 9.17) is 4.74 Å². The SMILES string of the molecule is CCNC(=O)c1cc(-c2cccnc2C(Cc2cc(F)cc(F)c2)NC(=O)C2CC(O)CN2C(=O)OC(C)(C)C)ccc1F. The van der Waals surface area contributed by atoms with E-state index in [1.165, 1.54) is 18.3 Å². The number of nitrogens with zero attached hydrogens (tertiary/aromatic N) is 2. The Hall–Kier alpha value is -4.45. The molecule has 1 fully saturated rings. The molecule has 3 atom stereocenters. The number of β-amino-alcohol motifs (C(OH)–C–C–N with tert-alkyl or cyclic N) is 1. The number of likely N-dealkylation sites (tertiary alicyclic amines) is 1. The first-order chi connectivity index (χ1) is 20.8. The van der Waals surface area contributed by atoms with Crippen LogP contribution in [-0.4, -0.2) is 63.7 Å². The summed E-state index contributed by atoms with van der Waals surface area (Å²) in [6.07, 6.45) is -0.469. The number of aliphatic hydroxyl groups is 1. The Morgan fingerprint density at radius 1 is 1.09 bits per heavy atom. The Morgan fingerprint density at radius 3 is 2.45 bits per heavy atom. The fraction of sp³-hybridized carbons (Fsp3) is 0.375. The maximum absolute atomic E-state index is 14.6. The van der Waals surface area contributed by atoms with Gasteiger partial charge in [0.2, 0.25) is 5.91 Å². The van der Waals surface area contributed by atoms with Crippen LogP contribution in [0.3, 0.4) is 0 Å². The van der Waals surface area contributed by atoms with Crippen LogP contribution in [0.25, 0.3) is 11.1 Å². The molecule has 0 spiro atoms. The smallest absolute Gasteiger partial charge is 0.411 e. The van der Waals surface area contributed by atoms with Crippen molar-refractivity contribution in [2.75, 3.05) is 13.1 Å². The van der Waals surface area contributed by atoms with E-state index < -0.39 is 59.1 Å². The molecule has 3 unspecified atom stereocenters. The van der Waals surface area contributed by atoms with Gasteiger partial charge in [0.15, 0.2) is 0 Å². The first kappa shape index (κ1) is 32.5. The van der Waals surface area contributed by atoms with E-state index >= 15 is 0 Å². The number of ether oxygens (including phenoxy) is 1. The number of halogens is 3. The van der Waals surface area contributed by atoms with Crippen LogP contribution in [0, 0.1) is 17.5 Å². The molecular weight excluding hydrogens is 577 g/mol. The summed E-state index contributed by atoms with van der Waals surface area (Å²) in [6, 6.07) is 8.11. The van der Waals surface area contributed by atoms with Crippen molar-refractivity contribution in [2.45, 2.75) is 64.3 Å². The van der Waals surface area contributed by atoms with Crippen molar-refractivity contribution >= 4 is 17.9 Å². The normalized spacial score (nSPS) is 17.2. The van der Waals surface area contributed by atoms with Gasteiger partial charge in [0.1, 0.15) is 29.1 Å². The van der Waals surface area contributed by atoms with Gasteiger partial charge in [-0.15, -0.1) is 0 Å². The van der Waals surface area contributed by atoms with E-state index in [1.54, 1.807) is 39.8 Å². The molecule has 0 aliphatic carbocycles. The molecule has 9 nitrogen and oxygen atoms in total. The minimum Gasteiger partial charge on any atom is -0.444 e. The second kappa shape index (κ2) is 13.5. The average Bonchev–Trinajstić information content (AvgIpc) is 3.34. The monoisotopic (exact) mass is 612 g/mol. The molecule has 0 radical (unpaired) electrons. The highest BCUT2D eigenvalue weighted by Crippen LogP contribution is 2.31. The Bertz CT molecular complexity index is 1520. The number of aliphatic hydroxyl groups excluding tert-OH is 1. The van der Waals surface area contributed by atoms with Crippen LogP contribution in [0.1, 0.15) is 61.8 Å². The summed E-state index contributed by atoms with van der Waals surface area (Å²) in [4.78, 5) is 44.8. The van der Waals surface area contributed by atoms with Gasteiger partial charge in [0, 0.05) is 30.8 Å². The van der Waals surface area contributed by atoms with Crippen molar-refractivity contribution < 1.29 is 37.4 Å². The number of aromatic nitrogens is 1. The van der Waals surface area contributed by atoms with E-state index in [2.05, 4.69) is 15.6 Å². The molecular formula is C32H35F3N4O5. The Kier molecular flexibility index (Phi) is 9.93. The number of carbonyl (C=O) groups excluding carboxylic acids is 3. The van der Waals surface area contributed by atoms with Crippen LogP contribution in [0.2, 0.25) is 0 Å². The van der Waals surface area contributed by atoms with Gasteiger partial charge in [0.25, 0.3) is 5.91 Å². The van der Waals surface area contributed by atoms with Crippen molar-refractivity contribution in [2.24, 2.45) is 0 Å². The van der Waals surface area contributed by atoms with Crippen molar-refractivity contribution in [1.82, 2.24) is 20.5 Å². The van der Waals surface area contributed by atoms with E-state index in [9.17, 15) is 32.7 Å². The van der Waals surface area contributed by atoms with Gasteiger partial charge < -0.3 is 20.5 Å². The van der Waals surface area contributed by atoms with Gasteiger partial charge in [-0.05, 0) is 75.6 Å². The lowest BCUT2D eigenvalue weighted by atomic mass is 9.94. The first-order valence-corrected chi connectivity index (χ1v) is 14.2. The summed E-state index contributed by atoms with van der Waals surface area (Å²) >= 11 is 0. The molecule has 1 saturated heterocycles. The van der Waals surface area contributed by atoms with Crippen molar-refractivity contribution in [1.29, 1.82) is 0 Å². The third-order valence-corrected chi connectivity index (χ3v) is 6.92. The maximum Gasteiger partial charge on any atom is 0.411 e. The molecule has 2 aromatic carbocycles. The van der Waals surface area contributed by atoms with E-state index in [1.807, 2.05) is 0 Å². The highest BCUT2D eigenvalue weighted by atomic mass is 19.1.